The molecule has 0 saturated carbocycles. The summed E-state index contributed by atoms with van der Waals surface area (Å²) in [4.78, 5) is 18.4. The zero-order valence-corrected chi connectivity index (χ0v) is 14.8. The van der Waals surface area contributed by atoms with Crippen molar-refractivity contribution in [3.63, 3.8) is 0 Å². The predicted octanol–water partition coefficient (Wildman–Crippen LogP) is 2.89. The number of rotatable bonds is 8. The van der Waals surface area contributed by atoms with Crippen LogP contribution in [0.4, 0.5) is 0 Å². The minimum absolute atomic E-state index is 0.0855. The fraction of sp³-hybridized carbons (Fsp3) is 0.222. The Hall–Kier alpha value is -3.05. The van der Waals surface area contributed by atoms with Crippen LogP contribution in [0.15, 0.2) is 64.6 Å². The molecule has 0 fully saturated rings. The van der Waals surface area contributed by atoms with Crippen molar-refractivity contribution in [1.29, 1.82) is 5.26 Å². The molecule has 0 aliphatic rings. The molecule has 0 aliphatic heterocycles. The lowest BCUT2D eigenvalue weighted by atomic mass is 10.3. The van der Waals surface area contributed by atoms with Gasteiger partial charge in [-0.2, -0.15) is 5.26 Å². The average molecular weight is 367 g/mol. The molecule has 2 aromatic heterocycles. The van der Waals surface area contributed by atoms with Gasteiger partial charge in [0.25, 0.3) is 0 Å². The van der Waals surface area contributed by atoms with E-state index >= 15 is 0 Å². The number of aromatic nitrogens is 3. The number of benzene rings is 1. The van der Waals surface area contributed by atoms with Crippen LogP contribution in [0.5, 0.6) is 0 Å². The number of furan rings is 1. The number of carbonyl (C=O) groups excluding carboxylic acids is 1. The lowest BCUT2D eigenvalue weighted by Gasteiger charge is -2.19. The second kappa shape index (κ2) is 8.87. The average Bonchev–Trinajstić information content (AvgIpc) is 3.36. The van der Waals surface area contributed by atoms with E-state index in [1.165, 1.54) is 11.8 Å². The van der Waals surface area contributed by atoms with Gasteiger partial charge in [0.1, 0.15) is 12.1 Å². The molecule has 0 spiro atoms. The summed E-state index contributed by atoms with van der Waals surface area (Å²) in [6.45, 7) is 0.711. The monoisotopic (exact) mass is 367 g/mol. The molecule has 0 atom stereocenters. The third kappa shape index (κ3) is 4.74. The van der Waals surface area contributed by atoms with Gasteiger partial charge < -0.3 is 9.32 Å². The van der Waals surface area contributed by atoms with Crippen molar-refractivity contribution in [2.24, 2.45) is 0 Å². The topological polar surface area (TPSA) is 88.0 Å². The van der Waals surface area contributed by atoms with Crippen molar-refractivity contribution in [2.75, 3.05) is 12.3 Å². The van der Waals surface area contributed by atoms with Gasteiger partial charge in [0.05, 0.1) is 36.7 Å². The summed E-state index contributed by atoms with van der Waals surface area (Å²) in [5, 5.41) is 13.7. The maximum absolute atomic E-state index is 12.5. The summed E-state index contributed by atoms with van der Waals surface area (Å²) in [6.07, 6.45) is 3.47. The number of nitrogens with zero attached hydrogens (tertiary/aromatic N) is 5. The Bertz CT molecular complexity index is 871. The molecule has 0 aliphatic carbocycles. The lowest BCUT2D eigenvalue weighted by molar-refractivity contribution is -0.129. The number of hydrogen-bond donors (Lipinski definition) is 0. The fourth-order valence-electron chi connectivity index (χ4n) is 2.30. The minimum atomic E-state index is -0.0855. The first-order valence-electron chi connectivity index (χ1n) is 8.03. The molecule has 132 valence electrons. The molecule has 3 rings (SSSR count). The van der Waals surface area contributed by atoms with E-state index in [1.807, 2.05) is 36.4 Å². The molecule has 0 saturated heterocycles. The van der Waals surface area contributed by atoms with E-state index in [0.29, 0.717) is 24.0 Å². The van der Waals surface area contributed by atoms with E-state index in [0.717, 1.165) is 5.69 Å². The summed E-state index contributed by atoms with van der Waals surface area (Å²) in [5.74, 6) is 0.802. The lowest BCUT2D eigenvalue weighted by Crippen LogP contribution is -2.32. The van der Waals surface area contributed by atoms with Crippen molar-refractivity contribution in [2.45, 2.75) is 18.1 Å². The van der Waals surface area contributed by atoms with Crippen LogP contribution >= 0.6 is 11.8 Å². The molecular formula is C18H17N5O2S. The van der Waals surface area contributed by atoms with Crippen LogP contribution < -0.4 is 0 Å². The smallest absolute Gasteiger partial charge is 0.233 e. The molecule has 0 unspecified atom stereocenters. The second-order valence-electron chi connectivity index (χ2n) is 5.40. The molecule has 0 bridgehead atoms. The SMILES string of the molecule is N#CCCN(Cc1ccco1)C(=O)CSc1ncn(-c2ccccc2)n1. The molecular weight excluding hydrogens is 350 g/mol. The van der Waals surface area contributed by atoms with Crippen LogP contribution in [0, 0.1) is 11.3 Å². The zero-order valence-electron chi connectivity index (χ0n) is 14.0. The van der Waals surface area contributed by atoms with Crippen LogP contribution in [-0.2, 0) is 11.3 Å². The van der Waals surface area contributed by atoms with Gasteiger partial charge >= 0.3 is 0 Å². The van der Waals surface area contributed by atoms with E-state index in [4.69, 9.17) is 9.68 Å². The number of carbonyl (C=O) groups is 1. The van der Waals surface area contributed by atoms with Crippen LogP contribution in [-0.4, -0.2) is 37.9 Å². The molecule has 0 N–H and O–H groups in total. The Morgan fingerprint density at radius 2 is 2.12 bits per heavy atom. The Morgan fingerprint density at radius 3 is 2.85 bits per heavy atom. The third-order valence-corrected chi connectivity index (χ3v) is 4.43. The molecule has 3 aromatic rings. The highest BCUT2D eigenvalue weighted by molar-refractivity contribution is 7.99. The molecule has 1 amide bonds. The van der Waals surface area contributed by atoms with Gasteiger partial charge in [0.2, 0.25) is 11.1 Å². The highest BCUT2D eigenvalue weighted by Gasteiger charge is 2.16. The van der Waals surface area contributed by atoms with E-state index in [1.54, 1.807) is 28.2 Å². The Morgan fingerprint density at radius 1 is 1.27 bits per heavy atom. The van der Waals surface area contributed by atoms with Crippen molar-refractivity contribution in [1.82, 2.24) is 19.7 Å². The highest BCUT2D eigenvalue weighted by atomic mass is 32.2. The standard InChI is InChI=1S/C18H17N5O2S/c19-9-5-10-22(12-16-8-4-11-25-16)17(24)13-26-18-20-14-23(21-18)15-6-2-1-3-7-15/h1-4,6-8,11,14H,5,10,12-13H2. The van der Waals surface area contributed by atoms with Gasteiger partial charge in [-0.05, 0) is 24.3 Å². The van der Waals surface area contributed by atoms with Gasteiger partial charge in [-0.1, -0.05) is 30.0 Å². The van der Waals surface area contributed by atoms with E-state index < -0.39 is 0 Å². The van der Waals surface area contributed by atoms with E-state index in [-0.39, 0.29) is 18.1 Å². The number of para-hydroxylation sites is 1. The quantitative estimate of drug-likeness (QED) is 0.569. The highest BCUT2D eigenvalue weighted by Crippen LogP contribution is 2.16. The van der Waals surface area contributed by atoms with Gasteiger partial charge in [0.15, 0.2) is 0 Å². The maximum Gasteiger partial charge on any atom is 0.233 e. The van der Waals surface area contributed by atoms with Crippen LogP contribution in [0.25, 0.3) is 5.69 Å². The van der Waals surface area contributed by atoms with Gasteiger partial charge in [-0.15, -0.1) is 5.10 Å². The summed E-state index contributed by atoms with van der Waals surface area (Å²) in [7, 11) is 0. The van der Waals surface area contributed by atoms with Crippen molar-refractivity contribution in [3.05, 3.63) is 60.8 Å². The molecule has 1 aromatic carbocycles. The molecule has 8 heteroatoms. The van der Waals surface area contributed by atoms with Crippen molar-refractivity contribution < 1.29 is 9.21 Å². The number of hydrogen-bond acceptors (Lipinski definition) is 6. The summed E-state index contributed by atoms with van der Waals surface area (Å²) in [5.41, 5.74) is 0.909. The largest absolute Gasteiger partial charge is 0.467 e. The van der Waals surface area contributed by atoms with E-state index in [2.05, 4.69) is 16.2 Å². The van der Waals surface area contributed by atoms with Gasteiger partial charge in [-0.25, -0.2) is 9.67 Å². The molecule has 0 radical (unpaired) electrons. The van der Waals surface area contributed by atoms with Crippen LogP contribution in [0.2, 0.25) is 0 Å². The molecule has 7 nitrogen and oxygen atoms in total. The Labute approximate surface area is 155 Å². The molecule has 26 heavy (non-hydrogen) atoms. The number of amides is 1. The zero-order chi connectivity index (χ0) is 18.2. The molecule has 2 heterocycles. The second-order valence-corrected chi connectivity index (χ2v) is 6.34. The van der Waals surface area contributed by atoms with Crippen molar-refractivity contribution in [3.8, 4) is 11.8 Å². The first-order valence-corrected chi connectivity index (χ1v) is 9.02. The normalized spacial score (nSPS) is 10.4. The third-order valence-electron chi connectivity index (χ3n) is 3.59. The summed E-state index contributed by atoms with van der Waals surface area (Å²) in [6, 6.07) is 15.3. The maximum atomic E-state index is 12.5. The fourth-order valence-corrected chi connectivity index (χ4v) is 3.01. The first kappa shape index (κ1) is 17.8. The Balaban J connectivity index is 1.59. The predicted molar refractivity (Wildman–Crippen MR) is 96.4 cm³/mol. The summed E-state index contributed by atoms with van der Waals surface area (Å²) >= 11 is 1.27. The van der Waals surface area contributed by atoms with Crippen molar-refractivity contribution >= 4 is 17.7 Å². The minimum Gasteiger partial charge on any atom is -0.467 e. The van der Waals surface area contributed by atoms with Gasteiger partial charge in [-0.3, -0.25) is 4.79 Å². The van der Waals surface area contributed by atoms with Crippen LogP contribution in [0.3, 0.4) is 0 Å². The van der Waals surface area contributed by atoms with Crippen LogP contribution in [0.1, 0.15) is 12.2 Å². The summed E-state index contributed by atoms with van der Waals surface area (Å²) < 4.78 is 6.97. The van der Waals surface area contributed by atoms with E-state index in [9.17, 15) is 4.79 Å². The van der Waals surface area contributed by atoms with Gasteiger partial charge in [0, 0.05) is 6.54 Å². The Kier molecular flexibility index (Phi) is 6.06. The number of thioether (sulfide) groups is 1. The first-order chi connectivity index (χ1) is 12.8. The number of nitriles is 1.